The SMILES string of the molecule is O=C1NC(O)c2c1c1c(c3c2=c2cc(Cl)ccc2=N3)N=c2ccc(Cl)cc2=1. The molecule has 0 spiro atoms. The Bertz CT molecular complexity index is 1560. The molecule has 7 heteroatoms. The van der Waals surface area contributed by atoms with Gasteiger partial charge in [0.05, 0.1) is 27.7 Å². The maximum atomic E-state index is 12.7. The minimum Gasteiger partial charge on any atom is -0.369 e. The highest BCUT2D eigenvalue weighted by Crippen LogP contribution is 2.42. The quantitative estimate of drug-likeness (QED) is 0.424. The molecule has 0 fully saturated rings. The number of hydrogen-bond acceptors (Lipinski definition) is 4. The number of amides is 1. The van der Waals surface area contributed by atoms with E-state index in [-0.39, 0.29) is 5.91 Å². The van der Waals surface area contributed by atoms with E-state index >= 15 is 0 Å². The van der Waals surface area contributed by atoms with Gasteiger partial charge in [0.1, 0.15) is 0 Å². The molecule has 0 saturated heterocycles. The zero-order valence-electron chi connectivity index (χ0n) is 13.5. The van der Waals surface area contributed by atoms with Crippen LogP contribution in [0.2, 0.25) is 10.0 Å². The van der Waals surface area contributed by atoms with Crippen LogP contribution in [0, 0.1) is 20.9 Å². The Balaban J connectivity index is 2.00. The molecule has 0 bridgehead atoms. The van der Waals surface area contributed by atoms with Crippen LogP contribution < -0.4 is 16.0 Å². The number of carbonyl (C=O) groups is 1. The van der Waals surface area contributed by atoms with Gasteiger partial charge in [-0.2, -0.15) is 0 Å². The Labute approximate surface area is 161 Å². The second-order valence-electron chi connectivity index (χ2n) is 6.66. The van der Waals surface area contributed by atoms with Gasteiger partial charge in [-0.25, -0.2) is 9.98 Å². The van der Waals surface area contributed by atoms with E-state index in [1.807, 2.05) is 12.1 Å². The lowest BCUT2D eigenvalue weighted by molar-refractivity contribution is 0.0849. The first kappa shape index (κ1) is 15.3. The van der Waals surface area contributed by atoms with Gasteiger partial charge in [0.2, 0.25) is 0 Å². The second-order valence-corrected chi connectivity index (χ2v) is 7.53. The van der Waals surface area contributed by atoms with Crippen molar-refractivity contribution in [2.75, 3.05) is 0 Å². The van der Waals surface area contributed by atoms with E-state index in [2.05, 4.69) is 5.32 Å². The number of nitrogens with one attached hydrogen (secondary N) is 1. The highest BCUT2D eigenvalue weighted by molar-refractivity contribution is 6.30. The van der Waals surface area contributed by atoms with E-state index in [9.17, 15) is 9.90 Å². The zero-order chi connectivity index (χ0) is 18.4. The monoisotopic (exact) mass is 393 g/mol. The lowest BCUT2D eigenvalue weighted by Gasteiger charge is -2.07. The third-order valence-corrected chi connectivity index (χ3v) is 5.65. The number of halogens is 2. The Morgan fingerprint density at radius 1 is 0.889 bits per heavy atom. The molecule has 0 aromatic heterocycles. The summed E-state index contributed by atoms with van der Waals surface area (Å²) in [5.41, 5.74) is 2.20. The average Bonchev–Trinajstić information content (AvgIpc) is 3.26. The summed E-state index contributed by atoms with van der Waals surface area (Å²) in [6.07, 6.45) is -1.12. The van der Waals surface area contributed by atoms with Crippen molar-refractivity contribution in [3.8, 4) is 0 Å². The van der Waals surface area contributed by atoms with Gasteiger partial charge in [-0.15, -0.1) is 0 Å². The molecule has 0 saturated carbocycles. The van der Waals surface area contributed by atoms with Gasteiger partial charge < -0.3 is 10.4 Å². The van der Waals surface area contributed by atoms with Gasteiger partial charge in [0.25, 0.3) is 5.91 Å². The van der Waals surface area contributed by atoms with E-state index in [1.165, 1.54) is 0 Å². The fraction of sp³-hybridized carbons (Fsp3) is 0.0500. The highest BCUT2D eigenvalue weighted by atomic mass is 35.5. The fourth-order valence-corrected chi connectivity index (χ4v) is 4.47. The summed E-state index contributed by atoms with van der Waals surface area (Å²) in [5.74, 6) is -0.338. The smallest absolute Gasteiger partial charge is 0.254 e. The largest absolute Gasteiger partial charge is 0.369 e. The third kappa shape index (κ3) is 1.86. The molecule has 3 aliphatic rings. The summed E-state index contributed by atoms with van der Waals surface area (Å²) in [7, 11) is 0. The summed E-state index contributed by atoms with van der Waals surface area (Å²) in [4.78, 5) is 22.2. The Morgan fingerprint density at radius 3 is 2.07 bits per heavy atom. The highest BCUT2D eigenvalue weighted by Gasteiger charge is 2.34. The Hall–Kier alpha value is -2.73. The summed E-state index contributed by atoms with van der Waals surface area (Å²) in [5, 5.41) is 18.7. The maximum absolute atomic E-state index is 12.7. The Morgan fingerprint density at radius 2 is 1.44 bits per heavy atom. The molecule has 0 radical (unpaired) electrons. The van der Waals surface area contributed by atoms with Crippen LogP contribution >= 0.6 is 23.2 Å². The van der Waals surface area contributed by atoms with Crippen LogP contribution in [0.15, 0.2) is 46.4 Å². The standard InChI is InChI=1S/C20H9Cl2N3O2/c21-7-1-3-11-9(5-7)13-15-16(20(27)25-19(15)26)14-10-6-8(22)2-4-12(10)24-18(14)17(13)23-11/h1-6,19,26H,(H,25,27). The van der Waals surface area contributed by atoms with Crippen molar-refractivity contribution < 1.29 is 9.90 Å². The normalized spacial score (nSPS) is 17.3. The molecule has 1 amide bonds. The van der Waals surface area contributed by atoms with Crippen LogP contribution in [0.25, 0.3) is 0 Å². The zero-order valence-corrected chi connectivity index (χ0v) is 15.1. The Kier molecular flexibility index (Phi) is 2.81. The van der Waals surface area contributed by atoms with E-state index < -0.39 is 6.23 Å². The predicted octanol–water partition coefficient (Wildman–Crippen LogP) is 2.83. The molecule has 3 aromatic rings. The molecule has 1 atom stereocenters. The van der Waals surface area contributed by atoms with E-state index in [4.69, 9.17) is 33.2 Å². The van der Waals surface area contributed by atoms with Gasteiger partial charge >= 0.3 is 0 Å². The van der Waals surface area contributed by atoms with Crippen molar-refractivity contribution in [2.45, 2.75) is 6.23 Å². The van der Waals surface area contributed by atoms with E-state index in [1.54, 1.807) is 24.3 Å². The predicted molar refractivity (Wildman–Crippen MR) is 98.7 cm³/mol. The number of nitrogens with zero attached hydrogens (tertiary/aromatic N) is 2. The van der Waals surface area contributed by atoms with Crippen LogP contribution in [0.1, 0.15) is 22.1 Å². The minimum atomic E-state index is -1.12. The molecule has 130 valence electrons. The summed E-state index contributed by atoms with van der Waals surface area (Å²) < 4.78 is 0. The minimum absolute atomic E-state index is 0.338. The fourth-order valence-electron chi connectivity index (χ4n) is 4.13. The third-order valence-electron chi connectivity index (χ3n) is 5.18. The number of carbonyl (C=O) groups excluding carboxylic acids is 1. The van der Waals surface area contributed by atoms with Crippen LogP contribution in [0.5, 0.6) is 0 Å². The number of fused-ring (bicyclic) bond motifs is 8. The molecule has 5 nitrogen and oxygen atoms in total. The number of hydrogen-bond donors (Lipinski definition) is 2. The number of rotatable bonds is 0. The summed E-state index contributed by atoms with van der Waals surface area (Å²) in [6, 6.07) is 10.8. The number of aliphatic hydroxyl groups excluding tert-OH is 1. The lowest BCUT2D eigenvalue weighted by atomic mass is 9.99. The van der Waals surface area contributed by atoms with Crippen LogP contribution in [0.3, 0.4) is 0 Å². The molecular weight excluding hydrogens is 385 g/mol. The van der Waals surface area contributed by atoms with E-state index in [0.717, 1.165) is 21.2 Å². The van der Waals surface area contributed by atoms with Crippen molar-refractivity contribution >= 4 is 40.5 Å². The molecule has 0 aliphatic carbocycles. The van der Waals surface area contributed by atoms with Crippen molar-refractivity contribution in [1.29, 1.82) is 0 Å². The number of aliphatic hydroxyl groups is 1. The molecular formula is C20H9Cl2N3O2. The van der Waals surface area contributed by atoms with Crippen molar-refractivity contribution in [1.82, 2.24) is 5.32 Å². The molecule has 2 N–H and O–H groups in total. The van der Waals surface area contributed by atoms with Gasteiger partial charge in [-0.3, -0.25) is 4.79 Å². The van der Waals surface area contributed by atoms with E-state index in [0.29, 0.717) is 43.0 Å². The molecule has 3 aromatic carbocycles. The van der Waals surface area contributed by atoms with Gasteiger partial charge in [0.15, 0.2) is 6.23 Å². The second kappa shape index (κ2) is 4.95. The van der Waals surface area contributed by atoms with Gasteiger partial charge in [-0.05, 0) is 36.4 Å². The summed E-state index contributed by atoms with van der Waals surface area (Å²) in [6.45, 7) is 0. The molecule has 3 heterocycles. The first-order valence-corrected chi connectivity index (χ1v) is 9.04. The van der Waals surface area contributed by atoms with Crippen LogP contribution in [0.4, 0.5) is 11.4 Å². The lowest BCUT2D eigenvalue weighted by Crippen LogP contribution is -2.18. The first-order chi connectivity index (χ1) is 13.0. The topological polar surface area (TPSA) is 74.0 Å². The molecule has 27 heavy (non-hydrogen) atoms. The first-order valence-electron chi connectivity index (χ1n) is 8.29. The molecule has 6 rings (SSSR count). The van der Waals surface area contributed by atoms with Crippen molar-refractivity contribution in [3.05, 3.63) is 89.2 Å². The number of benzene rings is 3. The van der Waals surface area contributed by atoms with Crippen LogP contribution in [-0.4, -0.2) is 11.0 Å². The van der Waals surface area contributed by atoms with Crippen molar-refractivity contribution in [3.63, 3.8) is 0 Å². The molecule has 3 aliphatic heterocycles. The average molecular weight is 394 g/mol. The summed E-state index contributed by atoms with van der Waals surface area (Å²) >= 11 is 12.4. The van der Waals surface area contributed by atoms with Gasteiger partial charge in [0, 0.05) is 36.5 Å². The van der Waals surface area contributed by atoms with Crippen molar-refractivity contribution in [2.24, 2.45) is 9.98 Å². The van der Waals surface area contributed by atoms with Crippen LogP contribution in [-0.2, 0) is 0 Å². The maximum Gasteiger partial charge on any atom is 0.254 e. The molecule has 1 unspecified atom stereocenters. The van der Waals surface area contributed by atoms with Gasteiger partial charge in [-0.1, -0.05) is 23.2 Å².